The van der Waals surface area contributed by atoms with Gasteiger partial charge in [0.1, 0.15) is 11.4 Å². The van der Waals surface area contributed by atoms with Crippen LogP contribution in [0.1, 0.15) is 84.5 Å². The average Bonchev–Trinajstić information content (AvgIpc) is 2.95. The van der Waals surface area contributed by atoms with E-state index in [1.54, 1.807) is 0 Å². The van der Waals surface area contributed by atoms with E-state index >= 15 is 0 Å². The normalized spacial score (nSPS) is 23.8. The topological polar surface area (TPSA) is 83.8 Å². The van der Waals surface area contributed by atoms with Gasteiger partial charge in [0.2, 0.25) is 0 Å². The van der Waals surface area contributed by atoms with Crippen LogP contribution in [0.25, 0.3) is 0 Å². The molecule has 1 unspecified atom stereocenters. The Kier molecular flexibility index (Phi) is 11.9. The summed E-state index contributed by atoms with van der Waals surface area (Å²) in [5.74, 6) is 2.02. The highest BCUT2D eigenvalue weighted by Crippen LogP contribution is 2.34. The molecule has 0 heterocycles. The summed E-state index contributed by atoms with van der Waals surface area (Å²) in [7, 11) is 0. The molecule has 0 bridgehead atoms. The predicted molar refractivity (Wildman–Crippen MR) is 114 cm³/mol. The first-order valence-corrected chi connectivity index (χ1v) is 11.0. The Hall–Kier alpha value is -1.64. The molecule has 164 valence electrons. The quantitative estimate of drug-likeness (QED) is 0.197. The highest BCUT2D eigenvalue weighted by atomic mass is 16.5. The van der Waals surface area contributed by atoms with E-state index in [4.69, 9.17) is 11.2 Å². The molecule has 1 aliphatic carbocycles. The number of ether oxygens (including phenoxy) is 1. The van der Waals surface area contributed by atoms with Crippen LogP contribution < -0.4 is 0 Å². The number of ketones is 1. The number of carbonyl (C=O) groups is 2. The smallest absolute Gasteiger partial charge is 0.302 e. The van der Waals surface area contributed by atoms with Crippen molar-refractivity contribution in [1.82, 2.24) is 0 Å². The first-order valence-electron chi connectivity index (χ1n) is 11.0. The van der Waals surface area contributed by atoms with Gasteiger partial charge in [0, 0.05) is 31.6 Å². The largest absolute Gasteiger partial charge is 0.466 e. The molecule has 1 aliphatic rings. The van der Waals surface area contributed by atoms with Crippen molar-refractivity contribution in [3.8, 4) is 12.3 Å². The van der Waals surface area contributed by atoms with Crippen molar-refractivity contribution in [1.29, 1.82) is 0 Å². The molecule has 5 heteroatoms. The predicted octanol–water partition coefficient (Wildman–Crippen LogP) is 3.96. The average molecular weight is 407 g/mol. The van der Waals surface area contributed by atoms with E-state index in [1.807, 2.05) is 12.2 Å². The molecule has 29 heavy (non-hydrogen) atoms. The number of terminal acetylenes is 1. The molecule has 0 saturated heterocycles. The zero-order chi connectivity index (χ0) is 21.7. The number of aliphatic hydroxyl groups is 2. The number of aliphatic hydroxyl groups excluding tert-OH is 1. The zero-order valence-corrected chi connectivity index (χ0v) is 18.1. The standard InChI is InChI=1S/C24H38O5/c1-4-6-15-24(28,5-2)16-12-14-21-20(22(26)18-23(21)27)13-10-8-7-9-11-17-29-19(3)25/h2,12,14,20-21,23,27-28H,4,6-11,13,15-18H2,1,3H3/b14-12+/t20-,21-,23-,24?/m1/s1. The van der Waals surface area contributed by atoms with Crippen LogP contribution in [-0.2, 0) is 14.3 Å². The highest BCUT2D eigenvalue weighted by molar-refractivity contribution is 5.84. The van der Waals surface area contributed by atoms with Gasteiger partial charge in [0.15, 0.2) is 0 Å². The molecular weight excluding hydrogens is 368 g/mol. The molecule has 4 atom stereocenters. The van der Waals surface area contributed by atoms with Gasteiger partial charge in [0.05, 0.1) is 12.7 Å². The third kappa shape index (κ3) is 9.60. The molecule has 0 aliphatic heterocycles. The second kappa shape index (κ2) is 13.6. The second-order valence-electron chi connectivity index (χ2n) is 8.23. The number of esters is 1. The fraction of sp³-hybridized carbons (Fsp3) is 0.750. The summed E-state index contributed by atoms with van der Waals surface area (Å²) >= 11 is 0. The molecule has 0 spiro atoms. The SMILES string of the molecule is C#CC(O)(C/C=C/[C@H]1[C@H](O)CC(=O)[C@@H]1CCCCCCCOC(C)=O)CCCC. The van der Waals surface area contributed by atoms with Gasteiger partial charge >= 0.3 is 5.97 Å². The van der Waals surface area contributed by atoms with Gasteiger partial charge in [-0.3, -0.25) is 9.59 Å². The Morgan fingerprint density at radius 1 is 1.28 bits per heavy atom. The van der Waals surface area contributed by atoms with E-state index < -0.39 is 11.7 Å². The summed E-state index contributed by atoms with van der Waals surface area (Å²) < 4.78 is 4.91. The molecule has 0 aromatic carbocycles. The fourth-order valence-corrected chi connectivity index (χ4v) is 3.93. The second-order valence-corrected chi connectivity index (χ2v) is 8.23. The van der Waals surface area contributed by atoms with Crippen LogP contribution in [0.5, 0.6) is 0 Å². The van der Waals surface area contributed by atoms with Crippen molar-refractivity contribution in [2.24, 2.45) is 11.8 Å². The number of rotatable bonds is 14. The van der Waals surface area contributed by atoms with Crippen LogP contribution in [0.15, 0.2) is 12.2 Å². The van der Waals surface area contributed by atoms with E-state index in [0.717, 1.165) is 51.4 Å². The van der Waals surface area contributed by atoms with Crippen molar-refractivity contribution < 1.29 is 24.5 Å². The summed E-state index contributed by atoms with van der Waals surface area (Å²) in [5, 5.41) is 20.7. The minimum Gasteiger partial charge on any atom is -0.466 e. The van der Waals surface area contributed by atoms with Crippen LogP contribution in [0.3, 0.4) is 0 Å². The summed E-state index contributed by atoms with van der Waals surface area (Å²) in [6, 6.07) is 0. The van der Waals surface area contributed by atoms with Crippen molar-refractivity contribution >= 4 is 11.8 Å². The number of carbonyl (C=O) groups excluding carboxylic acids is 2. The third-order valence-electron chi connectivity index (χ3n) is 5.72. The summed E-state index contributed by atoms with van der Waals surface area (Å²) in [6.45, 7) is 3.94. The van der Waals surface area contributed by atoms with Gasteiger partial charge in [-0.15, -0.1) is 6.42 Å². The molecule has 5 nitrogen and oxygen atoms in total. The van der Waals surface area contributed by atoms with E-state index in [0.29, 0.717) is 19.4 Å². The Bertz CT molecular complexity index is 576. The highest BCUT2D eigenvalue weighted by Gasteiger charge is 2.39. The lowest BCUT2D eigenvalue weighted by molar-refractivity contribution is -0.141. The molecule has 1 rings (SSSR count). The van der Waals surface area contributed by atoms with E-state index in [-0.39, 0.29) is 30.0 Å². The first kappa shape index (κ1) is 25.4. The van der Waals surface area contributed by atoms with Crippen LogP contribution in [0.4, 0.5) is 0 Å². The lowest BCUT2D eigenvalue weighted by Crippen LogP contribution is -2.25. The molecule has 0 amide bonds. The van der Waals surface area contributed by atoms with Gasteiger partial charge in [0.25, 0.3) is 0 Å². The molecule has 0 radical (unpaired) electrons. The lowest BCUT2D eigenvalue weighted by atomic mass is 9.87. The van der Waals surface area contributed by atoms with Crippen LogP contribution in [0, 0.1) is 24.2 Å². The zero-order valence-electron chi connectivity index (χ0n) is 18.1. The van der Waals surface area contributed by atoms with Gasteiger partial charge in [-0.2, -0.15) is 0 Å². The van der Waals surface area contributed by atoms with E-state index in [1.165, 1.54) is 6.92 Å². The maximum Gasteiger partial charge on any atom is 0.302 e. The maximum atomic E-state index is 12.3. The molecular formula is C24H38O5. The number of hydrogen-bond donors (Lipinski definition) is 2. The van der Waals surface area contributed by atoms with Gasteiger partial charge in [-0.25, -0.2) is 0 Å². The van der Waals surface area contributed by atoms with Crippen LogP contribution in [0.2, 0.25) is 0 Å². The molecule has 2 N–H and O–H groups in total. The minimum absolute atomic E-state index is 0.125. The Labute approximate surface area is 175 Å². The van der Waals surface area contributed by atoms with Crippen molar-refractivity contribution in [3.05, 3.63) is 12.2 Å². The minimum atomic E-state index is -1.15. The summed E-state index contributed by atoms with van der Waals surface area (Å²) in [5.41, 5.74) is -1.15. The molecule has 1 fully saturated rings. The molecule has 0 aromatic heterocycles. The Morgan fingerprint density at radius 2 is 1.97 bits per heavy atom. The lowest BCUT2D eigenvalue weighted by Gasteiger charge is -2.21. The third-order valence-corrected chi connectivity index (χ3v) is 5.72. The van der Waals surface area contributed by atoms with Gasteiger partial charge in [-0.1, -0.05) is 57.1 Å². The van der Waals surface area contributed by atoms with E-state index in [9.17, 15) is 19.8 Å². The summed E-state index contributed by atoms with van der Waals surface area (Å²) in [4.78, 5) is 23.0. The fourth-order valence-electron chi connectivity index (χ4n) is 3.93. The van der Waals surface area contributed by atoms with Crippen LogP contribution in [-0.4, -0.2) is 40.3 Å². The van der Waals surface area contributed by atoms with Crippen molar-refractivity contribution in [3.63, 3.8) is 0 Å². The number of hydrogen-bond acceptors (Lipinski definition) is 5. The van der Waals surface area contributed by atoms with Crippen molar-refractivity contribution in [2.75, 3.05) is 6.61 Å². The van der Waals surface area contributed by atoms with Gasteiger partial charge in [-0.05, 0) is 25.7 Å². The monoisotopic (exact) mass is 406 g/mol. The summed E-state index contributed by atoms with van der Waals surface area (Å²) in [6.07, 6.45) is 17.1. The molecule has 1 saturated carbocycles. The van der Waals surface area contributed by atoms with Crippen molar-refractivity contribution in [2.45, 2.75) is 96.2 Å². The Morgan fingerprint density at radius 3 is 2.62 bits per heavy atom. The first-order chi connectivity index (χ1) is 13.8. The number of Topliss-reactive ketones (excluding diaryl/α,β-unsaturated/α-hetero) is 1. The molecule has 0 aromatic rings. The van der Waals surface area contributed by atoms with E-state index in [2.05, 4.69) is 12.8 Å². The Balaban J connectivity index is 2.42. The van der Waals surface area contributed by atoms with Crippen LogP contribution >= 0.6 is 0 Å². The maximum absolute atomic E-state index is 12.3. The number of unbranched alkanes of at least 4 members (excludes halogenated alkanes) is 5. The van der Waals surface area contributed by atoms with Gasteiger partial charge < -0.3 is 14.9 Å².